The van der Waals surface area contributed by atoms with Gasteiger partial charge in [0.1, 0.15) is 0 Å². The molecule has 0 aliphatic carbocycles. The Balaban J connectivity index is 1.50. The first-order valence-electron chi connectivity index (χ1n) is 9.84. The zero-order chi connectivity index (χ0) is 20.0. The molecule has 0 saturated carbocycles. The summed E-state index contributed by atoms with van der Waals surface area (Å²) >= 11 is 0. The van der Waals surface area contributed by atoms with Gasteiger partial charge in [0.25, 0.3) is 5.91 Å². The summed E-state index contributed by atoms with van der Waals surface area (Å²) in [7, 11) is 0. The van der Waals surface area contributed by atoms with Crippen LogP contribution in [0.5, 0.6) is 0 Å². The molecule has 28 heavy (non-hydrogen) atoms. The monoisotopic (exact) mass is 380 g/mol. The minimum atomic E-state index is -0.808. The van der Waals surface area contributed by atoms with E-state index in [0.717, 1.165) is 18.7 Å². The molecule has 0 atom stereocenters. The van der Waals surface area contributed by atoms with Gasteiger partial charge in [-0.25, -0.2) is 0 Å². The molecule has 0 radical (unpaired) electrons. The second-order valence-corrected chi connectivity index (χ2v) is 7.71. The van der Waals surface area contributed by atoms with Gasteiger partial charge in [-0.15, -0.1) is 0 Å². The number of rotatable bonds is 6. The lowest BCUT2D eigenvalue weighted by molar-refractivity contribution is -0.152. The standard InChI is InChI=1S/C23H28N2O3/c1-23(2,18-9-5-3-6-10-18)22(27)28-17-21(26)24-19-11-13-20(14-12-19)25-15-7-4-8-16-25/h3,5-6,9-14H,4,7-8,15-17H2,1-2H3,(H,24,26). The van der Waals surface area contributed by atoms with Crippen molar-refractivity contribution >= 4 is 23.3 Å². The van der Waals surface area contributed by atoms with Crippen LogP contribution in [0.2, 0.25) is 0 Å². The van der Waals surface area contributed by atoms with Crippen molar-refractivity contribution in [3.05, 3.63) is 60.2 Å². The highest BCUT2D eigenvalue weighted by atomic mass is 16.5. The summed E-state index contributed by atoms with van der Waals surface area (Å²) in [6.45, 7) is 5.45. The first-order valence-corrected chi connectivity index (χ1v) is 9.84. The van der Waals surface area contributed by atoms with Gasteiger partial charge in [0, 0.05) is 24.5 Å². The molecule has 1 aliphatic heterocycles. The number of ether oxygens (including phenoxy) is 1. The van der Waals surface area contributed by atoms with E-state index in [2.05, 4.69) is 10.2 Å². The normalized spacial score (nSPS) is 14.4. The maximum absolute atomic E-state index is 12.4. The van der Waals surface area contributed by atoms with Gasteiger partial charge in [0.05, 0.1) is 5.41 Å². The average molecular weight is 380 g/mol. The number of piperidine rings is 1. The highest BCUT2D eigenvalue weighted by Gasteiger charge is 2.31. The smallest absolute Gasteiger partial charge is 0.316 e. The fourth-order valence-corrected chi connectivity index (χ4v) is 3.39. The summed E-state index contributed by atoms with van der Waals surface area (Å²) in [6.07, 6.45) is 3.75. The fourth-order valence-electron chi connectivity index (χ4n) is 3.39. The van der Waals surface area contributed by atoms with Crippen molar-refractivity contribution in [2.75, 3.05) is 29.9 Å². The third-order valence-electron chi connectivity index (χ3n) is 5.21. The molecule has 1 amide bonds. The minimum Gasteiger partial charge on any atom is -0.455 e. The molecule has 1 N–H and O–H groups in total. The summed E-state index contributed by atoms with van der Waals surface area (Å²) < 4.78 is 5.25. The van der Waals surface area contributed by atoms with Crippen molar-refractivity contribution in [2.24, 2.45) is 0 Å². The van der Waals surface area contributed by atoms with Crippen LogP contribution in [0, 0.1) is 0 Å². The highest BCUT2D eigenvalue weighted by Crippen LogP contribution is 2.25. The van der Waals surface area contributed by atoms with E-state index in [-0.39, 0.29) is 12.5 Å². The molecule has 1 aliphatic rings. The first kappa shape index (κ1) is 19.9. The largest absolute Gasteiger partial charge is 0.455 e. The maximum atomic E-state index is 12.4. The van der Waals surface area contributed by atoms with Crippen molar-refractivity contribution < 1.29 is 14.3 Å². The van der Waals surface area contributed by atoms with E-state index in [1.807, 2.05) is 54.6 Å². The topological polar surface area (TPSA) is 58.6 Å². The van der Waals surface area contributed by atoms with Gasteiger partial charge >= 0.3 is 5.97 Å². The second kappa shape index (κ2) is 8.91. The summed E-state index contributed by atoms with van der Waals surface area (Å²) in [5.41, 5.74) is 1.92. The molecule has 2 aromatic rings. The quantitative estimate of drug-likeness (QED) is 0.766. The van der Waals surface area contributed by atoms with Gasteiger partial charge in [0.15, 0.2) is 6.61 Å². The third-order valence-corrected chi connectivity index (χ3v) is 5.21. The predicted octanol–water partition coefficient (Wildman–Crippen LogP) is 4.14. The molecular weight excluding hydrogens is 352 g/mol. The van der Waals surface area contributed by atoms with Crippen molar-refractivity contribution in [1.82, 2.24) is 0 Å². The predicted molar refractivity (Wildman–Crippen MR) is 112 cm³/mol. The summed E-state index contributed by atoms with van der Waals surface area (Å²) in [5.74, 6) is -0.766. The van der Waals surface area contributed by atoms with Crippen LogP contribution in [-0.4, -0.2) is 31.6 Å². The molecule has 148 valence electrons. The number of carbonyl (C=O) groups excluding carboxylic acids is 2. The van der Waals surface area contributed by atoms with Crippen LogP contribution in [0.25, 0.3) is 0 Å². The number of benzene rings is 2. The summed E-state index contributed by atoms with van der Waals surface area (Å²) in [5, 5.41) is 2.78. The molecular formula is C23H28N2O3. The Kier molecular flexibility index (Phi) is 6.34. The van der Waals surface area contributed by atoms with E-state index < -0.39 is 11.4 Å². The molecule has 1 heterocycles. The van der Waals surface area contributed by atoms with Crippen molar-refractivity contribution in [3.8, 4) is 0 Å². The van der Waals surface area contributed by atoms with Crippen LogP contribution in [-0.2, 0) is 19.7 Å². The first-order chi connectivity index (χ1) is 13.5. The minimum absolute atomic E-state index is 0.303. The van der Waals surface area contributed by atoms with Gasteiger partial charge in [-0.1, -0.05) is 30.3 Å². The number of hydrogen-bond acceptors (Lipinski definition) is 4. The molecule has 0 bridgehead atoms. The number of hydrogen-bond donors (Lipinski definition) is 1. The van der Waals surface area contributed by atoms with Crippen LogP contribution < -0.4 is 10.2 Å². The Bertz CT molecular complexity index is 794. The SMILES string of the molecule is CC(C)(C(=O)OCC(=O)Nc1ccc(N2CCCCC2)cc1)c1ccccc1. The zero-order valence-electron chi connectivity index (χ0n) is 16.6. The fraction of sp³-hybridized carbons (Fsp3) is 0.391. The van der Waals surface area contributed by atoms with Crippen LogP contribution in [0.1, 0.15) is 38.7 Å². The second-order valence-electron chi connectivity index (χ2n) is 7.71. The number of anilines is 2. The lowest BCUT2D eigenvalue weighted by Crippen LogP contribution is -2.33. The Morgan fingerprint density at radius 1 is 0.964 bits per heavy atom. The van der Waals surface area contributed by atoms with Gasteiger partial charge in [-0.05, 0) is 62.9 Å². The summed E-state index contributed by atoms with van der Waals surface area (Å²) in [6, 6.07) is 17.2. The van der Waals surface area contributed by atoms with Crippen molar-refractivity contribution in [3.63, 3.8) is 0 Å². The Morgan fingerprint density at radius 2 is 1.61 bits per heavy atom. The van der Waals surface area contributed by atoms with Gasteiger partial charge in [-0.3, -0.25) is 9.59 Å². The molecule has 0 spiro atoms. The Labute approximate surface area is 166 Å². The van der Waals surface area contributed by atoms with Crippen LogP contribution in [0.15, 0.2) is 54.6 Å². The van der Waals surface area contributed by atoms with E-state index in [1.165, 1.54) is 24.9 Å². The van der Waals surface area contributed by atoms with Gasteiger partial charge in [-0.2, -0.15) is 0 Å². The van der Waals surface area contributed by atoms with Crippen LogP contribution >= 0.6 is 0 Å². The van der Waals surface area contributed by atoms with E-state index in [9.17, 15) is 9.59 Å². The van der Waals surface area contributed by atoms with E-state index in [4.69, 9.17) is 4.74 Å². The number of carbonyl (C=O) groups is 2. The highest BCUT2D eigenvalue weighted by molar-refractivity contribution is 5.93. The van der Waals surface area contributed by atoms with E-state index >= 15 is 0 Å². The number of nitrogens with one attached hydrogen (secondary N) is 1. The molecule has 3 rings (SSSR count). The Morgan fingerprint density at radius 3 is 2.25 bits per heavy atom. The summed E-state index contributed by atoms with van der Waals surface area (Å²) in [4.78, 5) is 27.0. The van der Waals surface area contributed by atoms with Crippen molar-refractivity contribution in [2.45, 2.75) is 38.5 Å². The molecule has 2 aromatic carbocycles. The number of nitrogens with zero attached hydrogens (tertiary/aromatic N) is 1. The van der Waals surface area contributed by atoms with E-state index in [1.54, 1.807) is 13.8 Å². The molecule has 1 fully saturated rings. The third kappa shape index (κ3) is 4.91. The molecule has 0 aromatic heterocycles. The van der Waals surface area contributed by atoms with E-state index in [0.29, 0.717) is 5.69 Å². The zero-order valence-corrected chi connectivity index (χ0v) is 16.6. The van der Waals surface area contributed by atoms with Crippen molar-refractivity contribution in [1.29, 1.82) is 0 Å². The maximum Gasteiger partial charge on any atom is 0.316 e. The molecule has 5 nitrogen and oxygen atoms in total. The lowest BCUT2D eigenvalue weighted by Gasteiger charge is -2.28. The molecule has 5 heteroatoms. The van der Waals surface area contributed by atoms with Crippen LogP contribution in [0.4, 0.5) is 11.4 Å². The van der Waals surface area contributed by atoms with Gasteiger partial charge in [0.2, 0.25) is 0 Å². The lowest BCUT2D eigenvalue weighted by atomic mass is 9.85. The molecule has 0 unspecified atom stereocenters. The number of amides is 1. The average Bonchev–Trinajstić information content (AvgIpc) is 2.74. The molecule has 1 saturated heterocycles. The number of esters is 1. The van der Waals surface area contributed by atoms with Gasteiger partial charge < -0.3 is 15.0 Å². The van der Waals surface area contributed by atoms with Crippen LogP contribution in [0.3, 0.4) is 0 Å². The Hall–Kier alpha value is -2.82.